The number of nitrogens with two attached hydrogens (primary N) is 1. The first-order valence-electron chi connectivity index (χ1n) is 37.4. The molecule has 606 valence electrons. The molecule has 111 heavy (non-hydrogen) atoms. The fourth-order valence-electron chi connectivity index (χ4n) is 12.1. The minimum absolute atomic E-state index is 0.0400. The van der Waals surface area contributed by atoms with Gasteiger partial charge in [-0.1, -0.05) is 169 Å². The molecule has 7 aromatic rings. The number of pyridine rings is 1. The van der Waals surface area contributed by atoms with Crippen LogP contribution in [0.15, 0.2) is 164 Å². The monoisotopic (exact) mass is 1710 g/mol. The second kappa shape index (κ2) is 48.9. The number of halogens is 4. The van der Waals surface area contributed by atoms with Gasteiger partial charge in [0.25, 0.3) is 0 Å². The minimum atomic E-state index is -0.620. The third kappa shape index (κ3) is 34.5. The molecule has 5 aliphatic heterocycles. The number of aromatic nitrogens is 4. The average Bonchev–Trinajstić information content (AvgIpc) is 1.65. The standard InChI is InChI=1S/C21H31NO5.C19H27NO5.C15H22N2O3.C13H15NO3.C11H7ClN4.C2H5I.CH2Cl2/c1-5-25-18-11-12-22(14-17(18)13-19(23)27-21(2,3)4)20(24)26-15-16-9-7-6-8-10-16;1-19(2,3)25-17(22)11-15-12-20(10-9-16(15)21)18(23)24-13-14-7-5-4-6-8-14;1-2-19-14-8-9-17(10-13(14)16)15(18)20-11-12-6-4-3-5-7-12;15-13(14-7-6-11-12(8-14)17-11)16-9-10-4-2-1-3-5-10;12-10-7-13-5-8(15-10)9-6-14-11-3-1-2-4-16(9)11;1-2-3;2-1-3/h6-10,17-18H,5,11-15H2,1-4H3;4-8,15-16,21H,9-13H2,1-3H3;3-7,13-14H,2,8-11,16H2,1H3;1-5,11-12H,6-9H2;1-7H;2H2,1H3;1H2/t17-,18-;15-,16-;13-,14-;11-,12+;;;/m0001.../s1. The van der Waals surface area contributed by atoms with Gasteiger partial charge in [0.05, 0.1) is 73.4 Å². The third-order valence-corrected chi connectivity index (χ3v) is 17.5. The molecule has 8 atom stereocenters. The lowest BCUT2D eigenvalue weighted by Crippen LogP contribution is -2.54. The van der Waals surface area contributed by atoms with Crippen LogP contribution in [0, 0.1) is 11.8 Å². The normalized spacial score (nSPS) is 19.6. The lowest BCUT2D eigenvalue weighted by atomic mass is 9.91. The largest absolute Gasteiger partial charge is 0.460 e. The van der Waals surface area contributed by atoms with E-state index in [0.29, 0.717) is 95.5 Å². The quantitative estimate of drug-likeness (QED) is 0.0281. The van der Waals surface area contributed by atoms with Crippen molar-refractivity contribution < 1.29 is 76.5 Å². The lowest BCUT2D eigenvalue weighted by Gasteiger charge is -2.37. The van der Waals surface area contributed by atoms with Gasteiger partial charge in [0.1, 0.15) is 60.2 Å². The SMILES string of the molecule is CC(C)(C)OC(=O)C[C@H]1CN(C(=O)OCc2ccccc2)CC[C@@H]1O.CCI.CCO[C@H]1CCN(C(=O)OCc2ccccc2)C[C@@H]1CC(=O)OC(C)(C)C.CCO[C@H]1CCN(C(=O)OCc2ccccc2)C[C@@H]1N.ClCCl.Clc1cncc(-c2cnc3ccccn23)n1.O=C(OCc1ccccc1)N1CC[C@H]2O[C@H]2C1. The van der Waals surface area contributed by atoms with Crippen LogP contribution in [0.2, 0.25) is 5.15 Å². The van der Waals surface area contributed by atoms with Gasteiger partial charge in [0, 0.05) is 83.1 Å². The molecule has 0 unspecified atom stereocenters. The molecule has 0 radical (unpaired) electrons. The van der Waals surface area contributed by atoms with E-state index >= 15 is 0 Å². The lowest BCUT2D eigenvalue weighted by molar-refractivity contribution is -0.159. The van der Waals surface area contributed by atoms with Gasteiger partial charge < -0.3 is 73.1 Å². The van der Waals surface area contributed by atoms with Gasteiger partial charge in [-0.25, -0.2) is 29.1 Å². The summed E-state index contributed by atoms with van der Waals surface area (Å²) in [6, 6.07) is 44.0. The third-order valence-electron chi connectivity index (χ3n) is 17.3. The number of benzene rings is 4. The Hall–Kier alpha value is -7.93. The summed E-state index contributed by atoms with van der Waals surface area (Å²) in [5, 5.41) is 10.7. The van der Waals surface area contributed by atoms with Crippen LogP contribution in [-0.4, -0.2) is 203 Å². The van der Waals surface area contributed by atoms with Crippen molar-refractivity contribution in [3.05, 3.63) is 192 Å². The van der Waals surface area contributed by atoms with E-state index in [1.54, 1.807) is 52.8 Å². The second-order valence-electron chi connectivity index (χ2n) is 28.3. The van der Waals surface area contributed by atoms with Crippen LogP contribution < -0.4 is 5.73 Å². The highest BCUT2D eigenvalue weighted by Gasteiger charge is 2.45. The number of imidazole rings is 1. The van der Waals surface area contributed by atoms with Crippen molar-refractivity contribution in [1.82, 2.24) is 39.0 Å². The van der Waals surface area contributed by atoms with Gasteiger partial charge in [0.15, 0.2) is 0 Å². The van der Waals surface area contributed by atoms with E-state index in [4.69, 9.17) is 83.2 Å². The Bertz CT molecular complexity index is 3870. The first-order valence-corrected chi connectivity index (χ1v) is 40.4. The van der Waals surface area contributed by atoms with Crippen molar-refractivity contribution in [2.24, 2.45) is 17.6 Å². The number of esters is 2. The summed E-state index contributed by atoms with van der Waals surface area (Å²) in [5.74, 6) is -1.07. The number of likely N-dealkylation sites (tertiary alicyclic amines) is 4. The van der Waals surface area contributed by atoms with Crippen LogP contribution in [0.5, 0.6) is 0 Å². The van der Waals surface area contributed by atoms with Gasteiger partial charge in [-0.2, -0.15) is 0 Å². The number of hydrogen-bond acceptors (Lipinski definition) is 20. The van der Waals surface area contributed by atoms with Crippen LogP contribution in [0.3, 0.4) is 0 Å². The van der Waals surface area contributed by atoms with Gasteiger partial charge >= 0.3 is 36.3 Å². The highest BCUT2D eigenvalue weighted by Crippen LogP contribution is 2.32. The van der Waals surface area contributed by atoms with Crippen LogP contribution in [-0.2, 0) is 78.6 Å². The number of alkyl halides is 3. The van der Waals surface area contributed by atoms with Crippen molar-refractivity contribution in [1.29, 1.82) is 0 Å². The molecule has 0 saturated carbocycles. The van der Waals surface area contributed by atoms with Crippen molar-refractivity contribution in [3.63, 3.8) is 0 Å². The molecule has 25 nitrogen and oxygen atoms in total. The van der Waals surface area contributed by atoms with Crippen LogP contribution in [0.1, 0.15) is 123 Å². The molecule has 3 N–H and O–H groups in total. The number of piperidine rings is 4. The zero-order chi connectivity index (χ0) is 80.7. The van der Waals surface area contributed by atoms with Gasteiger partial charge in [-0.15, -0.1) is 23.2 Å². The predicted molar refractivity (Wildman–Crippen MR) is 435 cm³/mol. The summed E-state index contributed by atoms with van der Waals surface area (Å²) in [4.78, 5) is 91.8. The number of aliphatic hydroxyl groups is 1. The maximum Gasteiger partial charge on any atom is 0.410 e. The zero-order valence-electron chi connectivity index (χ0n) is 65.0. The number of epoxide rings is 1. The Morgan fingerprint density at radius 1 is 0.532 bits per heavy atom. The molecule has 8 heterocycles. The summed E-state index contributed by atoms with van der Waals surface area (Å²) in [6.07, 6.45) is 8.68. The van der Waals surface area contributed by atoms with E-state index in [9.17, 15) is 33.9 Å². The molecule has 3 aromatic heterocycles. The highest BCUT2D eigenvalue weighted by molar-refractivity contribution is 14.1. The molecule has 5 aliphatic rings. The number of fused-ring (bicyclic) bond motifs is 2. The number of hydrogen-bond donors (Lipinski definition) is 2. The molecule has 5 fully saturated rings. The summed E-state index contributed by atoms with van der Waals surface area (Å²) >= 11 is 17.6. The molecule has 0 bridgehead atoms. The Kier molecular flexibility index (Phi) is 40.5. The maximum absolute atomic E-state index is 12.4. The first-order chi connectivity index (χ1) is 53.2. The Morgan fingerprint density at radius 2 is 0.928 bits per heavy atom. The zero-order valence-corrected chi connectivity index (χ0v) is 69.4. The van der Waals surface area contributed by atoms with Crippen molar-refractivity contribution in [2.75, 3.05) is 75.3 Å². The molecule has 0 aliphatic carbocycles. The number of ether oxygens (including phenoxy) is 9. The Labute approximate surface area is 681 Å². The molecule has 4 amide bonds. The maximum atomic E-state index is 12.4. The number of amides is 4. The Balaban J connectivity index is 0.000000215. The molecule has 0 spiro atoms. The van der Waals surface area contributed by atoms with Gasteiger partial charge in [-0.05, 0) is 120 Å². The first kappa shape index (κ1) is 91.9. The van der Waals surface area contributed by atoms with E-state index in [2.05, 4.69) is 44.5 Å². The summed E-state index contributed by atoms with van der Waals surface area (Å²) < 4.78 is 51.9. The summed E-state index contributed by atoms with van der Waals surface area (Å²) in [5.41, 5.74) is 11.3. The number of nitrogens with zero attached hydrogens (tertiary/aromatic N) is 8. The summed E-state index contributed by atoms with van der Waals surface area (Å²) in [7, 11) is 0. The minimum Gasteiger partial charge on any atom is -0.460 e. The highest BCUT2D eigenvalue weighted by atomic mass is 127. The average molecular weight is 1710 g/mol. The van der Waals surface area contributed by atoms with Crippen LogP contribution in [0.25, 0.3) is 17.0 Å². The number of carbonyl (C=O) groups excluding carboxylic acids is 6. The fraction of sp³-hybridized carbons (Fsp3) is 0.500. The molecular weight excluding hydrogens is 1600 g/mol. The Morgan fingerprint density at radius 3 is 1.36 bits per heavy atom. The molecule has 4 aromatic carbocycles. The van der Waals surface area contributed by atoms with Gasteiger partial charge in [0.2, 0.25) is 0 Å². The van der Waals surface area contributed by atoms with E-state index < -0.39 is 23.4 Å². The number of aliphatic hydroxyl groups excluding tert-OH is 1. The predicted octanol–water partition coefficient (Wildman–Crippen LogP) is 15.4. The van der Waals surface area contributed by atoms with E-state index in [1.807, 2.05) is 185 Å². The number of carbonyl (C=O) groups is 6. The topological polar surface area (TPSA) is 291 Å². The second-order valence-corrected chi connectivity index (χ2v) is 31.0. The fourth-order valence-corrected chi connectivity index (χ4v) is 12.3. The van der Waals surface area contributed by atoms with E-state index in [0.717, 1.165) is 53.0 Å². The van der Waals surface area contributed by atoms with Gasteiger partial charge in [-0.3, -0.25) is 19.0 Å². The molecular formula is C82H109Cl3IN9O16. The smallest absolute Gasteiger partial charge is 0.410 e. The molecule has 12 rings (SSSR count). The number of rotatable bonds is 17. The van der Waals surface area contributed by atoms with Crippen LogP contribution >= 0.6 is 57.4 Å². The van der Waals surface area contributed by atoms with Crippen molar-refractivity contribution >= 4 is 99.4 Å². The van der Waals surface area contributed by atoms with E-state index in [1.165, 1.54) is 10.6 Å². The molecule has 29 heteroatoms. The van der Waals surface area contributed by atoms with E-state index in [-0.39, 0.29) is 104 Å². The summed E-state index contributed by atoms with van der Waals surface area (Å²) in [6.45, 7) is 23.5. The molecule has 5 saturated heterocycles. The van der Waals surface area contributed by atoms with Crippen molar-refractivity contribution in [3.8, 4) is 11.4 Å². The van der Waals surface area contributed by atoms with Crippen molar-refractivity contribution in [2.45, 2.75) is 175 Å². The van der Waals surface area contributed by atoms with Crippen LogP contribution in [0.4, 0.5) is 19.2 Å².